The van der Waals surface area contributed by atoms with Crippen LogP contribution >= 0.6 is 23.2 Å². The lowest BCUT2D eigenvalue weighted by molar-refractivity contribution is 0.0416. The van der Waals surface area contributed by atoms with Gasteiger partial charge in [-0.3, -0.25) is 4.79 Å². The highest BCUT2D eigenvalue weighted by Crippen LogP contribution is 2.32. The van der Waals surface area contributed by atoms with E-state index in [9.17, 15) is 9.59 Å². The Morgan fingerprint density at radius 3 is 2.54 bits per heavy atom. The molecular formula is C19H14Cl2O5. The quantitative estimate of drug-likeness (QED) is 0.467. The fraction of sp³-hybridized carbons (Fsp3) is 0.158. The van der Waals surface area contributed by atoms with E-state index >= 15 is 0 Å². The zero-order valence-electron chi connectivity index (χ0n) is 13.8. The third-order valence-electron chi connectivity index (χ3n) is 3.57. The van der Waals surface area contributed by atoms with Crippen LogP contribution in [0.5, 0.6) is 5.75 Å². The van der Waals surface area contributed by atoms with Crippen molar-refractivity contribution in [2.45, 2.75) is 6.92 Å². The molecule has 0 atom stereocenters. The van der Waals surface area contributed by atoms with E-state index < -0.39 is 5.97 Å². The molecule has 3 rings (SSSR count). The van der Waals surface area contributed by atoms with Crippen molar-refractivity contribution in [3.63, 3.8) is 0 Å². The Morgan fingerprint density at radius 2 is 1.81 bits per heavy atom. The highest BCUT2D eigenvalue weighted by Gasteiger charge is 2.14. The number of hydrogen-bond acceptors (Lipinski definition) is 5. The van der Waals surface area contributed by atoms with Crippen molar-refractivity contribution in [3.05, 3.63) is 74.1 Å². The van der Waals surface area contributed by atoms with Crippen LogP contribution in [-0.2, 0) is 4.74 Å². The molecule has 5 nitrogen and oxygen atoms in total. The second kappa shape index (κ2) is 7.81. The Kier molecular flexibility index (Phi) is 5.49. The van der Waals surface area contributed by atoms with Gasteiger partial charge in [-0.2, -0.15) is 0 Å². The number of ether oxygens (including phenoxy) is 2. The lowest BCUT2D eigenvalue weighted by Gasteiger charge is -2.10. The number of fused-ring (bicyclic) bond motifs is 1. The van der Waals surface area contributed by atoms with Crippen molar-refractivity contribution in [3.8, 4) is 5.75 Å². The maximum absolute atomic E-state index is 12.1. The number of rotatable bonds is 5. The zero-order valence-corrected chi connectivity index (χ0v) is 15.3. The minimum atomic E-state index is -0.751. The monoisotopic (exact) mass is 392 g/mol. The van der Waals surface area contributed by atoms with E-state index in [1.165, 1.54) is 0 Å². The zero-order chi connectivity index (χ0) is 18.7. The van der Waals surface area contributed by atoms with Crippen molar-refractivity contribution in [2.75, 3.05) is 13.2 Å². The van der Waals surface area contributed by atoms with Gasteiger partial charge in [0.05, 0.1) is 15.4 Å². The van der Waals surface area contributed by atoms with Gasteiger partial charge < -0.3 is 13.9 Å². The number of hydrogen-bond donors (Lipinski definition) is 0. The molecule has 0 saturated heterocycles. The van der Waals surface area contributed by atoms with Crippen molar-refractivity contribution in [2.24, 2.45) is 0 Å². The van der Waals surface area contributed by atoms with Crippen LogP contribution in [0.4, 0.5) is 0 Å². The van der Waals surface area contributed by atoms with E-state index in [1.54, 1.807) is 36.4 Å². The van der Waals surface area contributed by atoms with Gasteiger partial charge >= 0.3 is 5.97 Å². The summed E-state index contributed by atoms with van der Waals surface area (Å²) in [5, 5.41) is 1.14. The minimum absolute atomic E-state index is 0.0478. The van der Waals surface area contributed by atoms with E-state index in [0.29, 0.717) is 26.8 Å². The second-order valence-corrected chi connectivity index (χ2v) is 6.32. The molecule has 0 radical (unpaired) electrons. The van der Waals surface area contributed by atoms with E-state index in [-0.39, 0.29) is 24.4 Å². The molecule has 0 bridgehead atoms. The summed E-state index contributed by atoms with van der Waals surface area (Å²) in [4.78, 5) is 24.2. The van der Waals surface area contributed by atoms with Crippen LogP contribution in [0.3, 0.4) is 0 Å². The predicted molar refractivity (Wildman–Crippen MR) is 99.5 cm³/mol. The van der Waals surface area contributed by atoms with Gasteiger partial charge in [0.15, 0.2) is 11.2 Å². The molecule has 1 aromatic heterocycles. The molecule has 0 aliphatic rings. The molecule has 26 heavy (non-hydrogen) atoms. The van der Waals surface area contributed by atoms with Crippen LogP contribution in [0.2, 0.25) is 10.0 Å². The predicted octanol–water partition coefficient (Wildman–Crippen LogP) is 4.64. The molecule has 7 heteroatoms. The van der Waals surface area contributed by atoms with Gasteiger partial charge in [0.2, 0.25) is 5.76 Å². The lowest BCUT2D eigenvalue weighted by Crippen LogP contribution is -2.14. The highest BCUT2D eigenvalue weighted by atomic mass is 35.5. The van der Waals surface area contributed by atoms with Crippen molar-refractivity contribution < 1.29 is 18.7 Å². The van der Waals surface area contributed by atoms with Crippen LogP contribution in [0.15, 0.2) is 51.7 Å². The maximum Gasteiger partial charge on any atom is 0.374 e. The molecule has 2 aromatic carbocycles. The van der Waals surface area contributed by atoms with Gasteiger partial charge in [-0.05, 0) is 31.2 Å². The number of halogens is 2. The fourth-order valence-corrected chi connectivity index (χ4v) is 2.85. The first-order valence-electron chi connectivity index (χ1n) is 7.74. The van der Waals surface area contributed by atoms with E-state index in [2.05, 4.69) is 0 Å². The Labute approximate surface area is 159 Å². The number of aryl methyl sites for hydroxylation is 1. The molecular weight excluding hydrogens is 379 g/mol. The van der Waals surface area contributed by atoms with Crippen LogP contribution in [0.25, 0.3) is 11.0 Å². The summed E-state index contributed by atoms with van der Waals surface area (Å²) >= 11 is 12.0. The van der Waals surface area contributed by atoms with Gasteiger partial charge in [-0.1, -0.05) is 40.9 Å². The minimum Gasteiger partial charge on any atom is -0.487 e. The van der Waals surface area contributed by atoms with Gasteiger partial charge in [-0.25, -0.2) is 4.79 Å². The molecule has 0 aliphatic carbocycles. The Morgan fingerprint density at radius 1 is 1.08 bits per heavy atom. The van der Waals surface area contributed by atoms with Crippen LogP contribution < -0.4 is 10.2 Å². The number of para-hydroxylation sites is 1. The largest absolute Gasteiger partial charge is 0.487 e. The van der Waals surface area contributed by atoms with E-state index in [1.807, 2.05) is 6.92 Å². The third kappa shape index (κ3) is 4.00. The number of esters is 1. The molecule has 3 aromatic rings. The van der Waals surface area contributed by atoms with Crippen molar-refractivity contribution in [1.29, 1.82) is 0 Å². The van der Waals surface area contributed by atoms with Crippen molar-refractivity contribution in [1.82, 2.24) is 0 Å². The molecule has 0 unspecified atom stereocenters. The molecule has 1 heterocycles. The first-order chi connectivity index (χ1) is 12.5. The normalized spacial score (nSPS) is 10.7. The molecule has 0 fully saturated rings. The molecule has 0 amide bonds. The SMILES string of the molecule is Cc1ccc2oc(C(=O)OCCOc3c(Cl)cccc3Cl)cc(=O)c2c1. The Hall–Kier alpha value is -2.50. The number of benzene rings is 2. The summed E-state index contributed by atoms with van der Waals surface area (Å²) in [7, 11) is 0. The van der Waals surface area contributed by atoms with Crippen molar-refractivity contribution >= 4 is 40.1 Å². The van der Waals surface area contributed by atoms with Gasteiger partial charge in [0, 0.05) is 6.07 Å². The highest BCUT2D eigenvalue weighted by molar-refractivity contribution is 6.37. The standard InChI is InChI=1S/C19H14Cl2O5/c1-11-5-6-16-12(9-11)15(22)10-17(26-16)19(23)25-8-7-24-18-13(20)3-2-4-14(18)21/h2-6,9-10H,7-8H2,1H3. The average Bonchev–Trinajstić information content (AvgIpc) is 2.61. The Balaban J connectivity index is 1.64. The number of carbonyl (C=O) groups is 1. The van der Waals surface area contributed by atoms with E-state index in [4.69, 9.17) is 37.1 Å². The Bertz CT molecular complexity index is 1010. The van der Waals surface area contributed by atoms with Crippen LogP contribution in [0.1, 0.15) is 16.1 Å². The van der Waals surface area contributed by atoms with Gasteiger partial charge in [0.25, 0.3) is 0 Å². The summed E-state index contributed by atoms with van der Waals surface area (Å²) in [6.07, 6.45) is 0. The first kappa shape index (κ1) is 18.3. The first-order valence-corrected chi connectivity index (χ1v) is 8.50. The smallest absolute Gasteiger partial charge is 0.374 e. The average molecular weight is 393 g/mol. The molecule has 0 saturated carbocycles. The van der Waals surface area contributed by atoms with Crippen LogP contribution in [0, 0.1) is 6.92 Å². The van der Waals surface area contributed by atoms with Gasteiger partial charge in [0.1, 0.15) is 18.8 Å². The maximum atomic E-state index is 12.1. The summed E-state index contributed by atoms with van der Waals surface area (Å²) in [6.45, 7) is 1.86. The van der Waals surface area contributed by atoms with Gasteiger partial charge in [-0.15, -0.1) is 0 Å². The molecule has 0 aliphatic heterocycles. The van der Waals surface area contributed by atoms with Crippen LogP contribution in [-0.4, -0.2) is 19.2 Å². The summed E-state index contributed by atoms with van der Waals surface area (Å²) in [6, 6.07) is 11.2. The molecule has 134 valence electrons. The lowest BCUT2D eigenvalue weighted by atomic mass is 10.1. The molecule has 0 N–H and O–H groups in total. The summed E-state index contributed by atoms with van der Waals surface area (Å²) in [5.41, 5.74) is 0.950. The fourth-order valence-electron chi connectivity index (χ4n) is 2.34. The topological polar surface area (TPSA) is 65.7 Å². The summed E-state index contributed by atoms with van der Waals surface area (Å²) < 4.78 is 16.0. The number of carbonyl (C=O) groups excluding carboxylic acids is 1. The second-order valence-electron chi connectivity index (χ2n) is 5.51. The summed E-state index contributed by atoms with van der Waals surface area (Å²) in [5.74, 6) is -0.597. The molecule has 0 spiro atoms. The van der Waals surface area contributed by atoms with E-state index in [0.717, 1.165) is 11.6 Å². The third-order valence-corrected chi connectivity index (χ3v) is 4.16.